The van der Waals surface area contributed by atoms with Gasteiger partial charge in [0.15, 0.2) is 5.96 Å². The van der Waals surface area contributed by atoms with Crippen LogP contribution in [0.15, 0.2) is 47.0 Å². The summed E-state index contributed by atoms with van der Waals surface area (Å²) in [5.74, 6) is 0.0728. The maximum atomic E-state index is 12.8. The molecule has 2 N–H and O–H groups in total. The molecule has 4 rings (SSSR count). The van der Waals surface area contributed by atoms with Gasteiger partial charge < -0.3 is 10.6 Å². The number of anilines is 1. The second-order valence-corrected chi connectivity index (χ2v) is 6.86. The van der Waals surface area contributed by atoms with Crippen molar-refractivity contribution in [2.45, 2.75) is 5.54 Å². The molecule has 0 spiro atoms. The molecule has 7 heteroatoms. The van der Waals surface area contributed by atoms with Gasteiger partial charge in [0.05, 0.1) is 17.8 Å². The number of aliphatic imine (C=N–C) groups is 1. The Morgan fingerprint density at radius 2 is 2.26 bits per heavy atom. The van der Waals surface area contributed by atoms with E-state index in [4.69, 9.17) is 10.7 Å². The number of nitrogens with zero attached hydrogens (tertiary/aromatic N) is 4. The molecule has 0 saturated carbocycles. The van der Waals surface area contributed by atoms with E-state index in [1.807, 2.05) is 35.8 Å². The number of carbonyl (C=O) groups is 1. The SMILES string of the molecule is CN1C(=O)C2CN(c3cccnc3)CC2(c2cccs2)N=C1N. The van der Waals surface area contributed by atoms with Crippen molar-refractivity contribution in [1.82, 2.24) is 9.88 Å². The summed E-state index contributed by atoms with van der Waals surface area (Å²) in [6.07, 6.45) is 3.57. The average Bonchev–Trinajstić information content (AvgIpc) is 3.22. The molecule has 2 aromatic heterocycles. The zero-order chi connectivity index (χ0) is 16.0. The van der Waals surface area contributed by atoms with Crippen LogP contribution in [0.25, 0.3) is 0 Å². The first-order valence-corrected chi connectivity index (χ1v) is 8.31. The van der Waals surface area contributed by atoms with Crippen molar-refractivity contribution in [3.63, 3.8) is 0 Å². The molecule has 1 amide bonds. The molecule has 2 aliphatic heterocycles. The monoisotopic (exact) mass is 327 g/mol. The maximum absolute atomic E-state index is 12.8. The average molecular weight is 327 g/mol. The van der Waals surface area contributed by atoms with Crippen molar-refractivity contribution in [1.29, 1.82) is 0 Å². The molecule has 1 saturated heterocycles. The Bertz CT molecular complexity index is 760. The second-order valence-electron chi connectivity index (χ2n) is 5.91. The van der Waals surface area contributed by atoms with E-state index in [9.17, 15) is 4.79 Å². The number of hydrogen-bond donors (Lipinski definition) is 1. The van der Waals surface area contributed by atoms with Gasteiger partial charge in [-0.1, -0.05) is 6.07 Å². The van der Waals surface area contributed by atoms with E-state index < -0.39 is 5.54 Å². The first kappa shape index (κ1) is 14.2. The number of amides is 1. The molecule has 2 aromatic rings. The zero-order valence-corrected chi connectivity index (χ0v) is 13.5. The third-order valence-electron chi connectivity index (χ3n) is 4.66. The standard InChI is InChI=1S/C16H17N5OS/c1-20-14(22)12-9-21(11-4-2-6-18-8-11)10-16(12,19-15(20)17)13-5-3-7-23-13/h2-8,12H,9-10H2,1H3,(H2,17,19). The van der Waals surface area contributed by atoms with E-state index in [0.717, 1.165) is 10.6 Å². The van der Waals surface area contributed by atoms with Crippen LogP contribution in [0.5, 0.6) is 0 Å². The van der Waals surface area contributed by atoms with Crippen LogP contribution in [0.4, 0.5) is 5.69 Å². The molecular formula is C16H17N5OS. The summed E-state index contributed by atoms with van der Waals surface area (Å²) in [4.78, 5) is 26.5. The molecule has 2 aliphatic rings. The van der Waals surface area contributed by atoms with Crippen molar-refractivity contribution < 1.29 is 4.79 Å². The van der Waals surface area contributed by atoms with Crippen LogP contribution < -0.4 is 10.6 Å². The van der Waals surface area contributed by atoms with Crippen LogP contribution in [-0.4, -0.2) is 41.9 Å². The van der Waals surface area contributed by atoms with Crippen LogP contribution in [0.1, 0.15) is 4.88 Å². The van der Waals surface area contributed by atoms with Gasteiger partial charge in [-0.05, 0) is 23.6 Å². The summed E-state index contributed by atoms with van der Waals surface area (Å²) in [6.45, 7) is 1.24. The van der Waals surface area contributed by atoms with Crippen LogP contribution in [-0.2, 0) is 10.3 Å². The summed E-state index contributed by atoms with van der Waals surface area (Å²) in [5, 5.41) is 2.02. The Kier molecular flexibility index (Phi) is 3.12. The molecule has 0 aromatic carbocycles. The quantitative estimate of drug-likeness (QED) is 0.901. The van der Waals surface area contributed by atoms with Gasteiger partial charge >= 0.3 is 0 Å². The fourth-order valence-corrected chi connectivity index (χ4v) is 4.34. The molecule has 0 bridgehead atoms. The number of guanidine groups is 1. The number of fused-ring (bicyclic) bond motifs is 1. The highest BCUT2D eigenvalue weighted by atomic mass is 32.1. The van der Waals surface area contributed by atoms with Crippen LogP contribution >= 0.6 is 11.3 Å². The number of hydrogen-bond acceptors (Lipinski definition) is 6. The fraction of sp³-hybridized carbons (Fsp3) is 0.312. The number of rotatable bonds is 2. The van der Waals surface area contributed by atoms with Gasteiger partial charge in [-0.3, -0.25) is 14.7 Å². The third kappa shape index (κ3) is 2.03. The predicted octanol–water partition coefficient (Wildman–Crippen LogP) is 1.26. The molecular weight excluding hydrogens is 310 g/mol. The minimum Gasteiger partial charge on any atom is -0.369 e. The lowest BCUT2D eigenvalue weighted by atomic mass is 9.84. The Morgan fingerprint density at radius 1 is 1.39 bits per heavy atom. The summed E-state index contributed by atoms with van der Waals surface area (Å²) in [5.41, 5.74) is 6.43. The molecule has 118 valence electrons. The molecule has 1 fully saturated rings. The first-order chi connectivity index (χ1) is 11.1. The van der Waals surface area contributed by atoms with Gasteiger partial charge in [0.25, 0.3) is 0 Å². The van der Waals surface area contributed by atoms with E-state index in [-0.39, 0.29) is 17.8 Å². The predicted molar refractivity (Wildman–Crippen MR) is 90.3 cm³/mol. The van der Waals surface area contributed by atoms with E-state index in [0.29, 0.717) is 13.1 Å². The van der Waals surface area contributed by atoms with Gasteiger partial charge in [0.2, 0.25) is 5.91 Å². The Labute approximate surface area is 138 Å². The maximum Gasteiger partial charge on any atom is 0.236 e. The lowest BCUT2D eigenvalue weighted by molar-refractivity contribution is -0.132. The van der Waals surface area contributed by atoms with E-state index in [1.165, 1.54) is 4.90 Å². The molecule has 0 radical (unpaired) electrons. The van der Waals surface area contributed by atoms with Gasteiger partial charge in [-0.15, -0.1) is 11.3 Å². The number of carbonyl (C=O) groups excluding carboxylic acids is 1. The van der Waals surface area contributed by atoms with Crippen LogP contribution in [0.3, 0.4) is 0 Å². The molecule has 23 heavy (non-hydrogen) atoms. The largest absolute Gasteiger partial charge is 0.369 e. The highest BCUT2D eigenvalue weighted by Gasteiger charge is 2.56. The Balaban J connectivity index is 1.83. The van der Waals surface area contributed by atoms with Crippen LogP contribution in [0, 0.1) is 5.92 Å². The highest BCUT2D eigenvalue weighted by molar-refractivity contribution is 7.10. The summed E-state index contributed by atoms with van der Waals surface area (Å²) < 4.78 is 0. The number of nitrogens with two attached hydrogens (primary N) is 1. The second kappa shape index (κ2) is 5.06. The van der Waals surface area contributed by atoms with Crippen LogP contribution in [0.2, 0.25) is 0 Å². The molecule has 2 unspecified atom stereocenters. The van der Waals surface area contributed by atoms with Gasteiger partial charge in [-0.2, -0.15) is 0 Å². The van der Waals surface area contributed by atoms with Crippen molar-refractivity contribution in [3.05, 3.63) is 46.9 Å². The molecule has 4 heterocycles. The van der Waals surface area contributed by atoms with E-state index in [1.54, 1.807) is 24.6 Å². The van der Waals surface area contributed by atoms with Crippen molar-refractivity contribution in [2.75, 3.05) is 25.0 Å². The zero-order valence-electron chi connectivity index (χ0n) is 12.7. The smallest absolute Gasteiger partial charge is 0.236 e. The number of aromatic nitrogens is 1. The summed E-state index contributed by atoms with van der Waals surface area (Å²) in [6, 6.07) is 7.95. The summed E-state index contributed by atoms with van der Waals surface area (Å²) in [7, 11) is 1.69. The normalized spacial score (nSPS) is 27.1. The van der Waals surface area contributed by atoms with Crippen molar-refractivity contribution >= 4 is 28.9 Å². The topological polar surface area (TPSA) is 74.8 Å². The molecule has 0 aliphatic carbocycles. The Morgan fingerprint density at radius 3 is 2.96 bits per heavy atom. The van der Waals surface area contributed by atoms with E-state index in [2.05, 4.69) is 9.88 Å². The highest BCUT2D eigenvalue weighted by Crippen LogP contribution is 2.46. The van der Waals surface area contributed by atoms with Crippen molar-refractivity contribution in [2.24, 2.45) is 16.6 Å². The lowest BCUT2D eigenvalue weighted by Crippen LogP contribution is -2.54. The molecule has 2 atom stereocenters. The minimum absolute atomic E-state index is 0.0253. The fourth-order valence-electron chi connectivity index (χ4n) is 3.43. The van der Waals surface area contributed by atoms with E-state index >= 15 is 0 Å². The number of pyridine rings is 1. The van der Waals surface area contributed by atoms with Gasteiger partial charge in [-0.25, -0.2) is 4.99 Å². The van der Waals surface area contributed by atoms with Gasteiger partial charge in [0.1, 0.15) is 5.54 Å². The molecule has 6 nitrogen and oxygen atoms in total. The first-order valence-electron chi connectivity index (χ1n) is 7.44. The Hall–Kier alpha value is -2.41. The minimum atomic E-state index is -0.600. The van der Waals surface area contributed by atoms with Gasteiger partial charge in [0, 0.05) is 31.2 Å². The third-order valence-corrected chi connectivity index (χ3v) is 5.69. The van der Waals surface area contributed by atoms with Crippen molar-refractivity contribution in [3.8, 4) is 0 Å². The summed E-state index contributed by atoms with van der Waals surface area (Å²) >= 11 is 1.62. The number of thiophene rings is 1. The lowest BCUT2D eigenvalue weighted by Gasteiger charge is -2.36.